The molecule has 2 aromatic carbocycles. The van der Waals surface area contributed by atoms with Crippen molar-refractivity contribution in [2.24, 2.45) is 17.1 Å². The van der Waals surface area contributed by atoms with Crippen molar-refractivity contribution < 1.29 is 23.5 Å². The van der Waals surface area contributed by atoms with Gasteiger partial charge in [-0.3, -0.25) is 9.59 Å². The topological polar surface area (TPSA) is 95.7 Å². The standard InChI is InChI=1S/C34H43F2N3O3/c1-3-15-39(16-4-2)32(41)25-11-8-14-34(21-25,33(37)42)29(19-23-17-26(35)20-27(36)18-23)31(40)22-38-30-13-7-10-24-9-5-6-12-28(24)30/h5-6,8-9,11-12,14,17-18,20,29-31,38,40H,3-4,7,10,13,15-16,19,21-22H2,1-2H3,(H2,37,42)/t29-,30?,31+,34?/m1/s1. The normalized spacial score (nSPS) is 21.3. The maximum absolute atomic E-state index is 14.2. The molecule has 2 amide bonds. The van der Waals surface area contributed by atoms with Crippen LogP contribution in [0.2, 0.25) is 0 Å². The van der Waals surface area contributed by atoms with E-state index >= 15 is 0 Å². The Balaban J connectivity index is 1.66. The van der Waals surface area contributed by atoms with Crippen molar-refractivity contribution >= 4 is 11.8 Å². The first kappa shape index (κ1) is 31.6. The second-order valence-corrected chi connectivity index (χ2v) is 11.6. The summed E-state index contributed by atoms with van der Waals surface area (Å²) in [7, 11) is 0. The van der Waals surface area contributed by atoms with E-state index in [1.54, 1.807) is 23.1 Å². The lowest BCUT2D eigenvalue weighted by molar-refractivity contribution is -0.132. The van der Waals surface area contributed by atoms with Crippen LogP contribution >= 0.6 is 0 Å². The number of primary amides is 1. The summed E-state index contributed by atoms with van der Waals surface area (Å²) < 4.78 is 28.5. The van der Waals surface area contributed by atoms with Gasteiger partial charge in [0.2, 0.25) is 11.8 Å². The molecule has 4 N–H and O–H groups in total. The predicted molar refractivity (Wildman–Crippen MR) is 160 cm³/mol. The molecule has 8 heteroatoms. The number of aryl methyl sites for hydroxylation is 1. The van der Waals surface area contributed by atoms with E-state index in [1.807, 2.05) is 26.0 Å². The van der Waals surface area contributed by atoms with E-state index in [1.165, 1.54) is 23.3 Å². The maximum Gasteiger partial charge on any atom is 0.249 e. The molecule has 0 saturated heterocycles. The number of nitrogens with zero attached hydrogens (tertiary/aromatic N) is 1. The van der Waals surface area contributed by atoms with Crippen molar-refractivity contribution in [2.45, 2.75) is 70.9 Å². The number of benzene rings is 2. The molecule has 42 heavy (non-hydrogen) atoms. The fraction of sp³-hybridized carbons (Fsp3) is 0.471. The zero-order chi connectivity index (χ0) is 30.3. The van der Waals surface area contributed by atoms with Gasteiger partial charge in [0, 0.05) is 43.2 Å². The summed E-state index contributed by atoms with van der Waals surface area (Å²) in [5, 5.41) is 15.2. The van der Waals surface area contributed by atoms with Crippen molar-refractivity contribution in [1.82, 2.24) is 10.2 Å². The molecule has 4 rings (SSSR count). The number of nitrogens with one attached hydrogen (secondary N) is 1. The lowest BCUT2D eigenvalue weighted by atomic mass is 9.64. The average Bonchev–Trinajstić information content (AvgIpc) is 2.97. The van der Waals surface area contributed by atoms with Crippen LogP contribution in [0.5, 0.6) is 0 Å². The number of carbonyl (C=O) groups excluding carboxylic acids is 2. The minimum Gasteiger partial charge on any atom is -0.391 e. The summed E-state index contributed by atoms with van der Waals surface area (Å²) in [5.41, 5.74) is 7.82. The van der Waals surface area contributed by atoms with E-state index < -0.39 is 35.0 Å². The number of amides is 2. The molecule has 2 aliphatic rings. The number of carbonyl (C=O) groups is 2. The Labute approximate surface area is 247 Å². The number of hydrogen-bond acceptors (Lipinski definition) is 4. The summed E-state index contributed by atoms with van der Waals surface area (Å²) in [6, 6.07) is 11.4. The molecule has 0 spiro atoms. The van der Waals surface area contributed by atoms with Crippen molar-refractivity contribution in [3.63, 3.8) is 0 Å². The smallest absolute Gasteiger partial charge is 0.249 e. The quantitative estimate of drug-likeness (QED) is 0.306. The molecular weight excluding hydrogens is 536 g/mol. The van der Waals surface area contributed by atoms with Gasteiger partial charge in [-0.05, 0) is 73.8 Å². The summed E-state index contributed by atoms with van der Waals surface area (Å²) in [6.07, 6.45) is 8.35. The molecule has 6 nitrogen and oxygen atoms in total. The van der Waals surface area contributed by atoms with Gasteiger partial charge >= 0.3 is 0 Å². The molecule has 2 aromatic rings. The number of halogens is 2. The van der Waals surface area contributed by atoms with Crippen LogP contribution in [0, 0.1) is 23.0 Å². The molecule has 0 heterocycles. The third kappa shape index (κ3) is 7.16. The molecule has 4 atom stereocenters. The van der Waals surface area contributed by atoms with Gasteiger partial charge in [-0.2, -0.15) is 0 Å². The van der Waals surface area contributed by atoms with Gasteiger partial charge in [0.1, 0.15) is 11.6 Å². The number of aliphatic hydroxyl groups is 1. The Morgan fingerprint density at radius 1 is 1.12 bits per heavy atom. The molecule has 2 unspecified atom stereocenters. The second kappa shape index (κ2) is 14.2. The van der Waals surface area contributed by atoms with Crippen molar-refractivity contribution in [1.29, 1.82) is 0 Å². The van der Waals surface area contributed by atoms with E-state index in [2.05, 4.69) is 17.4 Å². The van der Waals surface area contributed by atoms with Gasteiger partial charge in [0.05, 0.1) is 11.5 Å². The first-order chi connectivity index (χ1) is 20.2. The predicted octanol–water partition coefficient (Wildman–Crippen LogP) is 5.16. The molecular formula is C34H43F2N3O3. The van der Waals surface area contributed by atoms with Crippen LogP contribution in [0.1, 0.15) is 68.7 Å². The Hall–Kier alpha value is -3.36. The molecule has 0 radical (unpaired) electrons. The van der Waals surface area contributed by atoms with Gasteiger partial charge in [-0.1, -0.05) is 56.3 Å². The van der Waals surface area contributed by atoms with Crippen molar-refractivity contribution in [2.75, 3.05) is 19.6 Å². The Morgan fingerprint density at radius 3 is 2.48 bits per heavy atom. The van der Waals surface area contributed by atoms with Crippen LogP contribution in [-0.2, 0) is 22.4 Å². The van der Waals surface area contributed by atoms with Crippen LogP contribution in [-0.4, -0.2) is 47.6 Å². The zero-order valence-corrected chi connectivity index (χ0v) is 24.6. The molecule has 0 bridgehead atoms. The van der Waals surface area contributed by atoms with Gasteiger partial charge in [-0.15, -0.1) is 0 Å². The summed E-state index contributed by atoms with van der Waals surface area (Å²) in [5.74, 6) is -3.21. The molecule has 0 aromatic heterocycles. The number of nitrogens with two attached hydrogens (primary N) is 1. The van der Waals surface area contributed by atoms with E-state index in [-0.39, 0.29) is 31.3 Å². The van der Waals surface area contributed by atoms with Gasteiger partial charge in [-0.25, -0.2) is 8.78 Å². The van der Waals surface area contributed by atoms with E-state index in [4.69, 9.17) is 5.73 Å². The SMILES string of the molecule is CCCN(CCC)C(=O)C1=CC=CC(C(N)=O)([C@H](Cc2cc(F)cc(F)c2)[C@@H](O)CNC2CCCc3ccccc32)C1. The number of rotatable bonds is 13. The number of aliphatic hydroxyl groups excluding tert-OH is 1. The Bertz CT molecular complexity index is 1300. The monoisotopic (exact) mass is 579 g/mol. The van der Waals surface area contributed by atoms with Gasteiger partial charge in [0.25, 0.3) is 0 Å². The minimum atomic E-state index is -1.45. The third-order valence-electron chi connectivity index (χ3n) is 8.63. The fourth-order valence-corrected chi connectivity index (χ4v) is 6.60. The molecule has 0 saturated carbocycles. The zero-order valence-electron chi connectivity index (χ0n) is 24.6. The highest BCUT2D eigenvalue weighted by Gasteiger charge is 2.48. The van der Waals surface area contributed by atoms with Crippen LogP contribution in [0.15, 0.2) is 66.3 Å². The highest BCUT2D eigenvalue weighted by Crippen LogP contribution is 2.43. The Kier molecular flexibility index (Phi) is 10.7. The van der Waals surface area contributed by atoms with Crippen LogP contribution in [0.3, 0.4) is 0 Å². The fourth-order valence-electron chi connectivity index (χ4n) is 6.60. The van der Waals surface area contributed by atoms with Crippen LogP contribution in [0.25, 0.3) is 0 Å². The third-order valence-corrected chi connectivity index (χ3v) is 8.63. The van der Waals surface area contributed by atoms with Gasteiger partial charge < -0.3 is 21.1 Å². The van der Waals surface area contributed by atoms with Crippen LogP contribution in [0.4, 0.5) is 8.78 Å². The van der Waals surface area contributed by atoms with E-state index in [0.29, 0.717) is 24.2 Å². The summed E-state index contributed by atoms with van der Waals surface area (Å²) in [6.45, 7) is 5.30. The summed E-state index contributed by atoms with van der Waals surface area (Å²) >= 11 is 0. The lowest BCUT2D eigenvalue weighted by Gasteiger charge is -2.41. The molecule has 226 valence electrons. The minimum absolute atomic E-state index is 0.00657. The van der Waals surface area contributed by atoms with E-state index in [0.717, 1.165) is 38.2 Å². The first-order valence-corrected chi connectivity index (χ1v) is 15.1. The maximum atomic E-state index is 14.2. The second-order valence-electron chi connectivity index (χ2n) is 11.6. The van der Waals surface area contributed by atoms with Crippen LogP contribution < -0.4 is 11.1 Å². The molecule has 2 aliphatic carbocycles. The highest BCUT2D eigenvalue weighted by atomic mass is 19.1. The summed E-state index contributed by atoms with van der Waals surface area (Å²) in [4.78, 5) is 28.7. The van der Waals surface area contributed by atoms with Crippen molar-refractivity contribution in [3.05, 3.63) is 94.6 Å². The largest absolute Gasteiger partial charge is 0.391 e. The van der Waals surface area contributed by atoms with Crippen molar-refractivity contribution in [3.8, 4) is 0 Å². The highest BCUT2D eigenvalue weighted by molar-refractivity contribution is 5.96. The lowest BCUT2D eigenvalue weighted by Crippen LogP contribution is -2.51. The molecule has 0 fully saturated rings. The first-order valence-electron chi connectivity index (χ1n) is 15.1. The van der Waals surface area contributed by atoms with E-state index in [9.17, 15) is 23.5 Å². The number of hydrogen-bond donors (Lipinski definition) is 3. The number of allylic oxidation sites excluding steroid dienone is 2. The Morgan fingerprint density at radius 2 is 1.81 bits per heavy atom. The van der Waals surface area contributed by atoms with Gasteiger partial charge in [0.15, 0.2) is 0 Å². The average molecular weight is 580 g/mol. The number of fused-ring (bicyclic) bond motifs is 1. The molecule has 0 aliphatic heterocycles.